The van der Waals surface area contributed by atoms with Gasteiger partial charge in [-0.1, -0.05) is 59.6 Å². The van der Waals surface area contributed by atoms with E-state index in [2.05, 4.69) is 5.32 Å². The van der Waals surface area contributed by atoms with E-state index in [0.29, 0.717) is 44.9 Å². The first-order valence-corrected chi connectivity index (χ1v) is 10.2. The zero-order valence-electron chi connectivity index (χ0n) is 16.2. The Morgan fingerprint density at radius 2 is 1.73 bits per heavy atom. The van der Waals surface area contributed by atoms with Gasteiger partial charge in [-0.25, -0.2) is 4.98 Å². The Balaban J connectivity index is 1.79. The lowest BCUT2D eigenvalue weighted by Crippen LogP contribution is -2.14. The Morgan fingerprint density at radius 1 is 0.967 bits per heavy atom. The number of carbonyl (C=O) groups excluding carboxylic acids is 1. The molecule has 0 spiro atoms. The molecule has 1 N–H and O–H groups in total. The summed E-state index contributed by atoms with van der Waals surface area (Å²) in [6.07, 6.45) is 0. The van der Waals surface area contributed by atoms with Gasteiger partial charge in [-0.2, -0.15) is 0 Å². The van der Waals surface area contributed by atoms with Crippen molar-refractivity contribution < 1.29 is 9.53 Å². The van der Waals surface area contributed by atoms with Crippen LogP contribution in [-0.4, -0.2) is 17.5 Å². The van der Waals surface area contributed by atoms with Crippen LogP contribution >= 0.6 is 23.2 Å². The number of anilines is 1. The molecule has 0 radical (unpaired) electrons. The summed E-state index contributed by atoms with van der Waals surface area (Å²) in [4.78, 5) is 18.0. The molecule has 6 heteroatoms. The van der Waals surface area contributed by atoms with E-state index in [9.17, 15) is 4.79 Å². The number of rotatable bonds is 5. The van der Waals surface area contributed by atoms with Crippen LogP contribution in [0.25, 0.3) is 22.2 Å². The number of ether oxygens (including phenoxy) is 1. The number of hydrogen-bond donors (Lipinski definition) is 1. The van der Waals surface area contributed by atoms with Crippen molar-refractivity contribution in [2.45, 2.75) is 6.92 Å². The Labute approximate surface area is 184 Å². The summed E-state index contributed by atoms with van der Waals surface area (Å²) in [5.74, 6) is 0.374. The lowest BCUT2D eigenvalue weighted by atomic mass is 10.0. The molecule has 0 aliphatic rings. The number of halogens is 2. The first-order valence-electron chi connectivity index (χ1n) is 9.45. The lowest BCUT2D eigenvalue weighted by molar-refractivity contribution is 0.102. The number of carbonyl (C=O) groups is 1. The molecule has 0 bridgehead atoms. The Hall–Kier alpha value is -3.08. The van der Waals surface area contributed by atoms with Crippen LogP contribution in [-0.2, 0) is 0 Å². The van der Waals surface area contributed by atoms with Crippen LogP contribution in [0, 0.1) is 0 Å². The van der Waals surface area contributed by atoms with E-state index in [1.54, 1.807) is 18.2 Å². The number of pyridine rings is 1. The molecule has 4 rings (SSSR count). The summed E-state index contributed by atoms with van der Waals surface area (Å²) in [7, 11) is 0. The average Bonchev–Trinajstić information content (AvgIpc) is 2.76. The number of fused-ring (bicyclic) bond motifs is 1. The first-order chi connectivity index (χ1) is 14.6. The van der Waals surface area contributed by atoms with Crippen LogP contribution in [0.15, 0.2) is 72.8 Å². The molecule has 1 aromatic heterocycles. The Morgan fingerprint density at radius 3 is 2.53 bits per heavy atom. The summed E-state index contributed by atoms with van der Waals surface area (Å²) < 4.78 is 5.62. The topological polar surface area (TPSA) is 51.2 Å². The van der Waals surface area contributed by atoms with E-state index in [-0.39, 0.29) is 5.91 Å². The maximum Gasteiger partial charge on any atom is 0.256 e. The molecule has 4 nitrogen and oxygen atoms in total. The van der Waals surface area contributed by atoms with Crippen molar-refractivity contribution >= 4 is 45.7 Å². The largest absolute Gasteiger partial charge is 0.492 e. The van der Waals surface area contributed by atoms with Gasteiger partial charge in [-0.05, 0) is 43.3 Å². The third kappa shape index (κ3) is 4.11. The van der Waals surface area contributed by atoms with Crippen LogP contribution in [0.1, 0.15) is 17.3 Å². The van der Waals surface area contributed by atoms with Gasteiger partial charge >= 0.3 is 0 Å². The number of nitrogens with zero attached hydrogens (tertiary/aromatic N) is 1. The monoisotopic (exact) mass is 436 g/mol. The van der Waals surface area contributed by atoms with E-state index in [1.807, 2.05) is 61.5 Å². The van der Waals surface area contributed by atoms with Crippen LogP contribution < -0.4 is 10.1 Å². The molecule has 0 saturated heterocycles. The number of hydrogen-bond acceptors (Lipinski definition) is 3. The third-order valence-electron chi connectivity index (χ3n) is 4.61. The van der Waals surface area contributed by atoms with Gasteiger partial charge in [-0.15, -0.1) is 0 Å². The molecular formula is C24H18Cl2N2O2. The number of benzene rings is 3. The van der Waals surface area contributed by atoms with E-state index in [0.717, 1.165) is 10.9 Å². The first kappa shape index (κ1) is 20.2. The van der Waals surface area contributed by atoms with Gasteiger partial charge in [0, 0.05) is 10.9 Å². The molecule has 0 fully saturated rings. The SMILES string of the molecule is CCOc1ccccc1NC(=O)c1cc(-c2ccc(Cl)c(Cl)c2)nc2ccccc12. The van der Waals surface area contributed by atoms with Crippen molar-refractivity contribution in [1.82, 2.24) is 4.98 Å². The molecule has 0 atom stereocenters. The van der Waals surface area contributed by atoms with Gasteiger partial charge in [0.1, 0.15) is 5.75 Å². The summed E-state index contributed by atoms with van der Waals surface area (Å²) in [5.41, 5.74) is 3.24. The van der Waals surface area contributed by atoms with E-state index in [1.165, 1.54) is 0 Å². The quantitative estimate of drug-likeness (QED) is 0.371. The molecule has 3 aromatic carbocycles. The van der Waals surface area contributed by atoms with Crippen LogP contribution in [0.4, 0.5) is 5.69 Å². The smallest absolute Gasteiger partial charge is 0.256 e. The fraction of sp³-hybridized carbons (Fsp3) is 0.0833. The third-order valence-corrected chi connectivity index (χ3v) is 5.35. The molecular weight excluding hydrogens is 419 g/mol. The highest BCUT2D eigenvalue weighted by Gasteiger charge is 2.16. The predicted molar refractivity (Wildman–Crippen MR) is 123 cm³/mol. The highest BCUT2D eigenvalue weighted by molar-refractivity contribution is 6.42. The second kappa shape index (κ2) is 8.74. The molecule has 0 aliphatic heterocycles. The second-order valence-electron chi connectivity index (χ2n) is 6.58. The minimum atomic E-state index is -0.248. The van der Waals surface area contributed by atoms with Crippen LogP contribution in [0.2, 0.25) is 10.0 Å². The molecule has 1 heterocycles. The number of para-hydroxylation sites is 3. The van der Waals surface area contributed by atoms with Gasteiger partial charge in [0.2, 0.25) is 0 Å². The highest BCUT2D eigenvalue weighted by Crippen LogP contribution is 2.31. The van der Waals surface area contributed by atoms with Crippen LogP contribution in [0.5, 0.6) is 5.75 Å². The van der Waals surface area contributed by atoms with Crippen molar-refractivity contribution in [2.75, 3.05) is 11.9 Å². The van der Waals surface area contributed by atoms with Gasteiger partial charge in [-0.3, -0.25) is 4.79 Å². The van der Waals surface area contributed by atoms with Crippen LogP contribution in [0.3, 0.4) is 0 Å². The fourth-order valence-electron chi connectivity index (χ4n) is 3.21. The normalized spacial score (nSPS) is 10.8. The van der Waals surface area contributed by atoms with Crippen molar-refractivity contribution in [1.29, 1.82) is 0 Å². The minimum Gasteiger partial charge on any atom is -0.492 e. The van der Waals surface area contributed by atoms with E-state index < -0.39 is 0 Å². The minimum absolute atomic E-state index is 0.248. The number of aromatic nitrogens is 1. The Bertz CT molecular complexity index is 1240. The van der Waals surface area contributed by atoms with Crippen molar-refractivity contribution in [3.63, 3.8) is 0 Å². The average molecular weight is 437 g/mol. The summed E-state index contributed by atoms with van der Waals surface area (Å²) in [6, 6.07) is 21.9. The van der Waals surface area contributed by atoms with Crippen molar-refractivity contribution in [3.05, 3.63) is 88.4 Å². The van der Waals surface area contributed by atoms with E-state index >= 15 is 0 Å². The predicted octanol–water partition coefficient (Wildman–Crippen LogP) is 6.86. The van der Waals surface area contributed by atoms with Crippen molar-refractivity contribution in [2.24, 2.45) is 0 Å². The van der Waals surface area contributed by atoms with Gasteiger partial charge in [0.15, 0.2) is 0 Å². The molecule has 0 saturated carbocycles. The standard InChI is InChI=1S/C24H18Cl2N2O2/c1-2-30-23-10-6-5-9-21(23)28-24(29)17-14-22(15-11-12-18(25)19(26)13-15)27-20-8-4-3-7-16(17)20/h3-14H,2H2,1H3,(H,28,29). The maximum absolute atomic E-state index is 13.2. The molecule has 150 valence electrons. The summed E-state index contributed by atoms with van der Waals surface area (Å²) in [6.45, 7) is 2.41. The van der Waals surface area contributed by atoms with Gasteiger partial charge < -0.3 is 10.1 Å². The van der Waals surface area contributed by atoms with Gasteiger partial charge in [0.05, 0.1) is 39.1 Å². The Kier molecular flexibility index (Phi) is 5.88. The van der Waals surface area contributed by atoms with Gasteiger partial charge in [0.25, 0.3) is 5.91 Å². The summed E-state index contributed by atoms with van der Waals surface area (Å²) >= 11 is 12.2. The number of amides is 1. The molecule has 0 aliphatic carbocycles. The molecule has 0 unspecified atom stereocenters. The highest BCUT2D eigenvalue weighted by atomic mass is 35.5. The lowest BCUT2D eigenvalue weighted by Gasteiger charge is -2.13. The zero-order chi connectivity index (χ0) is 21.1. The number of nitrogens with one attached hydrogen (secondary N) is 1. The second-order valence-corrected chi connectivity index (χ2v) is 7.40. The fourth-order valence-corrected chi connectivity index (χ4v) is 3.51. The molecule has 30 heavy (non-hydrogen) atoms. The summed E-state index contributed by atoms with van der Waals surface area (Å²) in [5, 5.41) is 4.62. The molecule has 4 aromatic rings. The molecule has 1 amide bonds. The van der Waals surface area contributed by atoms with E-state index in [4.69, 9.17) is 32.9 Å². The van der Waals surface area contributed by atoms with Crippen molar-refractivity contribution in [3.8, 4) is 17.0 Å². The maximum atomic E-state index is 13.2. The zero-order valence-corrected chi connectivity index (χ0v) is 17.7.